The maximum absolute atomic E-state index is 14.1. The van der Waals surface area contributed by atoms with E-state index in [2.05, 4.69) is 90.2 Å². The summed E-state index contributed by atoms with van der Waals surface area (Å²) in [6, 6.07) is 3.06. The Kier molecular flexibility index (Phi) is 13.7. The van der Waals surface area contributed by atoms with Crippen LogP contribution in [0.2, 0.25) is 36.3 Å². The maximum Gasteiger partial charge on any atom is 0.471 e. The molecule has 1 fully saturated rings. The zero-order chi connectivity index (χ0) is 43.8. The minimum absolute atomic E-state index is 0.0760. The van der Waals surface area contributed by atoms with Gasteiger partial charge >= 0.3 is 24.1 Å². The fraction of sp³-hybridized carbons (Fsp3) is 0.658. The molecule has 2 heterocycles. The van der Waals surface area contributed by atoms with Crippen LogP contribution in [-0.2, 0) is 30.0 Å². The molecule has 57 heavy (non-hydrogen) atoms. The Morgan fingerprint density at radius 3 is 2.21 bits per heavy atom. The molecule has 0 aliphatic carbocycles. The van der Waals surface area contributed by atoms with Crippen molar-refractivity contribution in [3.05, 3.63) is 51.7 Å². The van der Waals surface area contributed by atoms with Gasteiger partial charge in [0.25, 0.3) is 5.69 Å². The first-order valence-electron chi connectivity index (χ1n) is 18.6. The summed E-state index contributed by atoms with van der Waals surface area (Å²) in [6.45, 7) is 25.1. The van der Waals surface area contributed by atoms with Crippen LogP contribution in [0, 0.1) is 22.0 Å². The van der Waals surface area contributed by atoms with Gasteiger partial charge in [-0.3, -0.25) is 25.1 Å². The molecule has 0 spiro atoms. The highest BCUT2D eigenvalue weighted by Gasteiger charge is 2.63. The van der Waals surface area contributed by atoms with Gasteiger partial charge in [-0.1, -0.05) is 66.5 Å². The van der Waals surface area contributed by atoms with Crippen molar-refractivity contribution in [2.24, 2.45) is 0 Å². The number of nitrogens with zero attached hydrogens (tertiary/aromatic N) is 2. The van der Waals surface area contributed by atoms with E-state index in [-0.39, 0.29) is 40.8 Å². The Hall–Kier alpha value is -3.81. The number of rotatable bonds is 11. The maximum atomic E-state index is 14.1. The molecule has 1 saturated heterocycles. The fourth-order valence-corrected chi connectivity index (χ4v) is 9.82. The summed E-state index contributed by atoms with van der Waals surface area (Å²) in [5.74, 6) is 1.72. The number of carbonyl (C=O) groups excluding carboxylic acids is 3. The van der Waals surface area contributed by atoms with Crippen LogP contribution >= 0.6 is 0 Å². The fourth-order valence-electron chi connectivity index (χ4n) is 5.88. The summed E-state index contributed by atoms with van der Waals surface area (Å²) < 4.78 is 56.1. The molecular weight excluding hydrogens is 784 g/mol. The molecular formula is C38H58F3N5O9Si2. The lowest BCUT2D eigenvalue weighted by Gasteiger charge is -2.49. The van der Waals surface area contributed by atoms with E-state index in [1.807, 2.05) is 0 Å². The molecule has 1 aromatic carbocycles. The van der Waals surface area contributed by atoms with E-state index in [9.17, 15) is 42.8 Å². The lowest BCUT2D eigenvalue weighted by molar-refractivity contribution is -0.385. The summed E-state index contributed by atoms with van der Waals surface area (Å²) in [5, 5.41) is 30.2. The molecule has 3 rings (SSSR count). The molecule has 4 atom stereocenters. The van der Waals surface area contributed by atoms with Gasteiger partial charge in [-0.2, -0.15) is 13.2 Å². The number of nitrogens with one attached hydrogen (secondary N) is 3. The number of halogens is 3. The number of ether oxygens (including phenoxy) is 2. The summed E-state index contributed by atoms with van der Waals surface area (Å²) >= 11 is 0. The van der Waals surface area contributed by atoms with E-state index in [1.165, 1.54) is 29.3 Å². The molecule has 14 nitrogen and oxygen atoms in total. The van der Waals surface area contributed by atoms with E-state index in [0.717, 1.165) is 6.07 Å². The molecule has 1 unspecified atom stereocenters. The minimum atomic E-state index is -5.08. The lowest BCUT2D eigenvalue weighted by atomic mass is 10.0. The Morgan fingerprint density at radius 1 is 1.09 bits per heavy atom. The quantitative estimate of drug-likeness (QED) is 0.0658. The van der Waals surface area contributed by atoms with Gasteiger partial charge in [0.2, 0.25) is 5.66 Å². The van der Waals surface area contributed by atoms with Gasteiger partial charge in [-0.05, 0) is 62.2 Å². The molecule has 0 aromatic heterocycles. The van der Waals surface area contributed by atoms with Crippen LogP contribution in [0.25, 0.3) is 0 Å². The molecule has 2 aliphatic rings. The molecule has 0 saturated carbocycles. The topological polar surface area (TPSA) is 182 Å². The predicted molar refractivity (Wildman–Crippen MR) is 213 cm³/mol. The number of carbonyl (C=O) groups is 3. The van der Waals surface area contributed by atoms with Crippen molar-refractivity contribution in [2.75, 3.05) is 13.2 Å². The Morgan fingerprint density at radius 2 is 1.70 bits per heavy atom. The average Bonchev–Trinajstić information content (AvgIpc) is 3.39. The largest absolute Gasteiger partial charge is 0.471 e. The SMILES string of the molecule is CC(C)(C)OC(=O)C1(NCc2ccc(C#CCNC(=O)C(F)(F)F)cc2[N+](=O)[O-])C=CN([C@H]2C[C@@](O)([Si](C)(C)C(C)(C)C)[C@@H](CO[Si](C)(C)C(C)(C)C)O2)C(=O)N1. The zero-order valence-electron chi connectivity index (χ0n) is 35.1. The Labute approximate surface area is 334 Å². The van der Waals surface area contributed by atoms with Crippen LogP contribution in [0.15, 0.2) is 30.5 Å². The molecule has 2 aliphatic heterocycles. The number of benzene rings is 1. The Balaban J connectivity index is 1.96. The number of nitro benzene ring substituents is 1. The van der Waals surface area contributed by atoms with Gasteiger partial charge in [0.05, 0.1) is 31.4 Å². The second kappa shape index (κ2) is 16.4. The molecule has 4 N–H and O–H groups in total. The van der Waals surface area contributed by atoms with E-state index in [1.54, 1.807) is 26.1 Å². The van der Waals surface area contributed by atoms with E-state index in [4.69, 9.17) is 13.9 Å². The molecule has 3 amide bonds. The van der Waals surface area contributed by atoms with Gasteiger partial charge < -0.3 is 29.6 Å². The number of amides is 3. The van der Waals surface area contributed by atoms with Crippen LogP contribution in [0.5, 0.6) is 0 Å². The highest BCUT2D eigenvalue weighted by molar-refractivity contribution is 6.83. The molecule has 19 heteroatoms. The summed E-state index contributed by atoms with van der Waals surface area (Å²) in [5.41, 5.74) is -3.29. The second-order valence-corrected chi connectivity index (χ2v) is 29.0. The van der Waals surface area contributed by atoms with Crippen molar-refractivity contribution in [2.45, 2.75) is 147 Å². The molecule has 318 valence electrons. The first-order chi connectivity index (χ1) is 25.7. The smallest absolute Gasteiger partial charge is 0.457 e. The number of aliphatic hydroxyl groups is 1. The van der Waals surface area contributed by atoms with Crippen LogP contribution in [0.1, 0.15) is 79.9 Å². The van der Waals surface area contributed by atoms with Gasteiger partial charge in [0.1, 0.15) is 17.9 Å². The van der Waals surface area contributed by atoms with Gasteiger partial charge in [0.15, 0.2) is 8.32 Å². The van der Waals surface area contributed by atoms with Gasteiger partial charge in [0, 0.05) is 36.4 Å². The first kappa shape index (κ1) is 47.6. The van der Waals surface area contributed by atoms with Gasteiger partial charge in [-0.25, -0.2) is 9.59 Å². The second-order valence-electron chi connectivity index (χ2n) is 18.6. The number of alkyl halides is 3. The third kappa shape index (κ3) is 10.8. The number of urea groups is 1. The summed E-state index contributed by atoms with van der Waals surface area (Å²) in [6.07, 6.45) is -3.98. The first-order valence-corrected chi connectivity index (χ1v) is 24.5. The monoisotopic (exact) mass is 841 g/mol. The van der Waals surface area contributed by atoms with Crippen LogP contribution in [0.4, 0.5) is 23.7 Å². The van der Waals surface area contributed by atoms with Crippen molar-refractivity contribution in [1.29, 1.82) is 0 Å². The molecule has 1 aromatic rings. The highest BCUT2D eigenvalue weighted by atomic mass is 28.4. The van der Waals surface area contributed by atoms with Crippen molar-refractivity contribution in [1.82, 2.24) is 20.9 Å². The van der Waals surface area contributed by atoms with Gasteiger partial charge in [-0.15, -0.1) is 0 Å². The van der Waals surface area contributed by atoms with Crippen molar-refractivity contribution >= 4 is 40.0 Å². The van der Waals surface area contributed by atoms with Crippen LogP contribution in [-0.4, -0.2) is 97.4 Å². The van der Waals surface area contributed by atoms with E-state index < -0.39 is 86.5 Å². The highest BCUT2D eigenvalue weighted by Crippen LogP contribution is 2.50. The number of hydrogen-bond donors (Lipinski definition) is 4. The van der Waals surface area contributed by atoms with Crippen molar-refractivity contribution in [3.63, 3.8) is 0 Å². The van der Waals surface area contributed by atoms with E-state index >= 15 is 0 Å². The zero-order valence-corrected chi connectivity index (χ0v) is 37.1. The predicted octanol–water partition coefficient (Wildman–Crippen LogP) is 6.21. The minimum Gasteiger partial charge on any atom is -0.457 e. The normalized spacial score (nSPS) is 23.4. The van der Waals surface area contributed by atoms with Crippen molar-refractivity contribution in [3.8, 4) is 11.8 Å². The summed E-state index contributed by atoms with van der Waals surface area (Å²) in [7, 11) is -4.89. The molecule has 0 radical (unpaired) electrons. The van der Waals surface area contributed by atoms with Crippen LogP contribution in [0.3, 0.4) is 0 Å². The van der Waals surface area contributed by atoms with Crippen LogP contribution < -0.4 is 16.0 Å². The lowest BCUT2D eigenvalue weighted by Crippen LogP contribution is -2.68. The number of esters is 1. The summed E-state index contributed by atoms with van der Waals surface area (Å²) in [4.78, 5) is 51.6. The Bertz CT molecular complexity index is 1810. The number of nitro groups is 1. The van der Waals surface area contributed by atoms with E-state index in [0.29, 0.717) is 0 Å². The molecule has 0 bridgehead atoms. The van der Waals surface area contributed by atoms with Crippen molar-refractivity contribution < 1.29 is 51.5 Å². The number of hydrogen-bond acceptors (Lipinski definition) is 10. The standard InChI is InChI=1S/C38H58F3N5O9Si2/c1-33(2,3)55-31(48)36(43-23-26-17-16-25(21-27(26)46(51)52)15-14-19-42-30(47)38(39,40)41)18-20-45(32(49)44-36)29-22-37(50,56(10,11)34(4,5)6)28(54-29)24-53-57(12,13)35(7,8)9/h16-18,20-21,28-29,43,50H,19,22-24H2,1-13H3,(H,42,47)(H,44,49)/t28-,29-,36?,37-/m1/s1. The third-order valence-corrected chi connectivity index (χ3v) is 22.4. The third-order valence-electron chi connectivity index (χ3n) is 11.4. The average molecular weight is 842 g/mol.